The number of hydrogen-bond donors (Lipinski definition) is 0. The highest BCUT2D eigenvalue weighted by Gasteiger charge is 2.10. The molecule has 0 amide bonds. The Hall–Kier alpha value is -2.53. The number of ether oxygens (including phenoxy) is 3. The minimum Gasteiger partial charge on any atom is -0.493 e. The van der Waals surface area contributed by atoms with Crippen LogP contribution in [0.2, 0.25) is 5.02 Å². The number of carbonyl (C=O) groups is 1. The highest BCUT2D eigenvalue weighted by Crippen LogP contribution is 2.36. The lowest BCUT2D eigenvalue weighted by molar-refractivity contribution is -0.138. The van der Waals surface area contributed by atoms with Gasteiger partial charge in [0, 0.05) is 6.08 Å². The summed E-state index contributed by atoms with van der Waals surface area (Å²) in [5.41, 5.74) is 1.36. The molecule has 0 heterocycles. The zero-order valence-corrected chi connectivity index (χ0v) is 14.0. The second-order valence-electron chi connectivity index (χ2n) is 4.81. The van der Waals surface area contributed by atoms with Gasteiger partial charge in [-0.3, -0.25) is 0 Å². The molecule has 0 saturated carbocycles. The number of hydrogen-bond acceptors (Lipinski definition) is 4. The summed E-state index contributed by atoms with van der Waals surface area (Å²) in [6.07, 6.45) is 2.84. The highest BCUT2D eigenvalue weighted by atomic mass is 35.5. The van der Waals surface area contributed by atoms with Crippen LogP contribution in [0.25, 0.3) is 6.08 Å². The Morgan fingerprint density at radius 3 is 2.50 bits per heavy atom. The summed E-state index contributed by atoms with van der Waals surface area (Å²) in [6.45, 7) is 0.0656. The van der Waals surface area contributed by atoms with Crippen molar-refractivity contribution in [1.82, 2.24) is 0 Å². The molecule has 0 bridgehead atoms. The number of halogens is 2. The fraction of sp³-hybridized carbons (Fsp3) is 0.167. The van der Waals surface area contributed by atoms with Gasteiger partial charge in [-0.05, 0) is 41.5 Å². The van der Waals surface area contributed by atoms with Crippen molar-refractivity contribution < 1.29 is 23.4 Å². The molecule has 0 aromatic heterocycles. The van der Waals surface area contributed by atoms with Gasteiger partial charge in [-0.15, -0.1) is 0 Å². The van der Waals surface area contributed by atoms with Crippen molar-refractivity contribution in [3.05, 3.63) is 64.4 Å². The van der Waals surface area contributed by atoms with Gasteiger partial charge >= 0.3 is 5.97 Å². The van der Waals surface area contributed by atoms with Crippen LogP contribution in [0.3, 0.4) is 0 Å². The van der Waals surface area contributed by atoms with E-state index in [1.807, 2.05) is 0 Å². The van der Waals surface area contributed by atoms with E-state index >= 15 is 0 Å². The molecule has 0 saturated heterocycles. The normalized spacial score (nSPS) is 10.7. The number of rotatable bonds is 6. The van der Waals surface area contributed by atoms with Crippen molar-refractivity contribution in [2.24, 2.45) is 0 Å². The first kappa shape index (κ1) is 17.8. The van der Waals surface area contributed by atoms with Gasteiger partial charge in [0.25, 0.3) is 0 Å². The zero-order valence-electron chi connectivity index (χ0n) is 13.2. The molecule has 2 rings (SSSR count). The van der Waals surface area contributed by atoms with E-state index in [2.05, 4.69) is 0 Å². The molecular formula is C18H16ClFO4. The van der Waals surface area contributed by atoms with Gasteiger partial charge in [-0.2, -0.15) is 0 Å². The summed E-state index contributed by atoms with van der Waals surface area (Å²) < 4.78 is 28.2. The molecule has 2 aromatic carbocycles. The van der Waals surface area contributed by atoms with Crippen LogP contribution in [-0.4, -0.2) is 20.2 Å². The van der Waals surface area contributed by atoms with E-state index in [9.17, 15) is 9.18 Å². The van der Waals surface area contributed by atoms with Gasteiger partial charge < -0.3 is 14.2 Å². The zero-order chi connectivity index (χ0) is 17.5. The minimum atomic E-state index is -0.523. The summed E-state index contributed by atoms with van der Waals surface area (Å²) in [5, 5.41) is 0.371. The van der Waals surface area contributed by atoms with E-state index in [0.717, 1.165) is 0 Å². The molecule has 24 heavy (non-hydrogen) atoms. The van der Waals surface area contributed by atoms with Crippen molar-refractivity contribution in [3.63, 3.8) is 0 Å². The van der Waals surface area contributed by atoms with Crippen LogP contribution < -0.4 is 9.47 Å². The average molecular weight is 351 g/mol. The van der Waals surface area contributed by atoms with Gasteiger partial charge in [0.1, 0.15) is 12.4 Å². The lowest BCUT2D eigenvalue weighted by Crippen LogP contribution is -2.00. The van der Waals surface area contributed by atoms with Crippen molar-refractivity contribution in [2.45, 2.75) is 6.61 Å². The Kier molecular flexibility index (Phi) is 6.21. The number of methoxy groups -OCH3 is 2. The third kappa shape index (κ3) is 4.73. The standard InChI is InChI=1S/C18H16ClFO4/c1-22-16-10-13(9-15(19)18(16)23-2)5-8-17(21)24-11-12-3-6-14(20)7-4-12/h3-10H,11H2,1-2H3/b8-5+. The van der Waals surface area contributed by atoms with Gasteiger partial charge in [0.05, 0.1) is 19.2 Å². The van der Waals surface area contributed by atoms with Crippen LogP contribution in [0.1, 0.15) is 11.1 Å². The van der Waals surface area contributed by atoms with Crippen molar-refractivity contribution in [1.29, 1.82) is 0 Å². The lowest BCUT2D eigenvalue weighted by Gasteiger charge is -2.10. The first-order valence-corrected chi connectivity index (χ1v) is 7.42. The molecule has 126 valence electrons. The molecule has 0 aliphatic rings. The van der Waals surface area contributed by atoms with Gasteiger partial charge in [-0.1, -0.05) is 23.7 Å². The smallest absolute Gasteiger partial charge is 0.331 e. The number of carbonyl (C=O) groups excluding carboxylic acids is 1. The summed E-state index contributed by atoms with van der Waals surface area (Å²) >= 11 is 6.10. The highest BCUT2D eigenvalue weighted by molar-refractivity contribution is 6.32. The van der Waals surface area contributed by atoms with E-state index in [1.54, 1.807) is 30.3 Å². The fourth-order valence-electron chi connectivity index (χ4n) is 1.98. The van der Waals surface area contributed by atoms with Crippen molar-refractivity contribution in [2.75, 3.05) is 14.2 Å². The van der Waals surface area contributed by atoms with Crippen LogP contribution in [0.4, 0.5) is 4.39 Å². The molecule has 0 aliphatic carbocycles. The first-order valence-electron chi connectivity index (χ1n) is 7.04. The van der Waals surface area contributed by atoms with E-state index in [-0.39, 0.29) is 12.4 Å². The molecule has 0 atom stereocenters. The van der Waals surface area contributed by atoms with Gasteiger partial charge in [0.15, 0.2) is 11.5 Å². The number of benzene rings is 2. The molecule has 4 nitrogen and oxygen atoms in total. The maximum atomic E-state index is 12.8. The maximum Gasteiger partial charge on any atom is 0.331 e. The van der Waals surface area contributed by atoms with Crippen LogP contribution in [0.15, 0.2) is 42.5 Å². The van der Waals surface area contributed by atoms with Crippen LogP contribution >= 0.6 is 11.6 Å². The predicted octanol–water partition coefficient (Wildman–Crippen LogP) is 4.25. The van der Waals surface area contributed by atoms with Gasteiger partial charge in [0.2, 0.25) is 0 Å². The summed E-state index contributed by atoms with van der Waals surface area (Å²) in [4.78, 5) is 11.7. The Morgan fingerprint density at radius 1 is 1.17 bits per heavy atom. The Bertz CT molecular complexity index is 741. The Morgan fingerprint density at radius 2 is 1.88 bits per heavy atom. The van der Waals surface area contributed by atoms with E-state index in [4.69, 9.17) is 25.8 Å². The quantitative estimate of drug-likeness (QED) is 0.577. The molecule has 0 unspecified atom stereocenters. The van der Waals surface area contributed by atoms with Crippen LogP contribution in [-0.2, 0) is 16.1 Å². The largest absolute Gasteiger partial charge is 0.493 e. The fourth-order valence-corrected chi connectivity index (χ4v) is 2.28. The summed E-state index contributed by atoms with van der Waals surface area (Å²) in [6, 6.07) is 9.07. The second kappa shape index (κ2) is 8.36. The van der Waals surface area contributed by atoms with Crippen LogP contribution in [0.5, 0.6) is 11.5 Å². The van der Waals surface area contributed by atoms with Crippen molar-refractivity contribution >= 4 is 23.6 Å². The van der Waals surface area contributed by atoms with E-state index in [1.165, 1.54) is 32.4 Å². The molecule has 0 N–H and O–H groups in total. The van der Waals surface area contributed by atoms with Crippen molar-refractivity contribution in [3.8, 4) is 11.5 Å². The summed E-state index contributed by atoms with van der Waals surface area (Å²) in [7, 11) is 2.99. The Labute approximate surface area is 144 Å². The molecular weight excluding hydrogens is 335 g/mol. The SMILES string of the molecule is COc1cc(/C=C/C(=O)OCc2ccc(F)cc2)cc(Cl)c1OC. The lowest BCUT2D eigenvalue weighted by atomic mass is 10.2. The monoisotopic (exact) mass is 350 g/mol. The summed E-state index contributed by atoms with van der Waals surface area (Å²) in [5.74, 6) is 0.0278. The minimum absolute atomic E-state index is 0.0656. The average Bonchev–Trinajstić information content (AvgIpc) is 2.58. The second-order valence-corrected chi connectivity index (χ2v) is 5.21. The molecule has 0 radical (unpaired) electrons. The molecule has 6 heteroatoms. The maximum absolute atomic E-state index is 12.8. The predicted molar refractivity (Wildman–Crippen MR) is 89.8 cm³/mol. The Balaban J connectivity index is 2.00. The first-order chi connectivity index (χ1) is 11.5. The van der Waals surface area contributed by atoms with Gasteiger partial charge in [-0.25, -0.2) is 9.18 Å². The topological polar surface area (TPSA) is 44.8 Å². The third-order valence-corrected chi connectivity index (χ3v) is 3.44. The van der Waals surface area contributed by atoms with Crippen LogP contribution in [0, 0.1) is 5.82 Å². The number of esters is 1. The molecule has 0 aliphatic heterocycles. The molecule has 0 fully saturated rings. The molecule has 2 aromatic rings. The third-order valence-electron chi connectivity index (χ3n) is 3.16. The van der Waals surface area contributed by atoms with E-state index in [0.29, 0.717) is 27.6 Å². The molecule has 0 spiro atoms. The van der Waals surface area contributed by atoms with E-state index < -0.39 is 5.97 Å².